The molecule has 8 nitrogen and oxygen atoms in total. The molecule has 20 heavy (non-hydrogen) atoms. The molecule has 1 fully saturated rings. The fourth-order valence-corrected chi connectivity index (χ4v) is 2.48. The van der Waals surface area contributed by atoms with Gasteiger partial charge in [-0.1, -0.05) is 0 Å². The van der Waals surface area contributed by atoms with E-state index in [0.29, 0.717) is 17.3 Å². The van der Waals surface area contributed by atoms with E-state index in [-0.39, 0.29) is 31.1 Å². The lowest BCUT2D eigenvalue weighted by atomic mass is 10.1. The Labute approximate surface area is 111 Å². The van der Waals surface area contributed by atoms with Crippen LogP contribution in [0.1, 0.15) is 5.76 Å². The van der Waals surface area contributed by atoms with Crippen molar-refractivity contribution < 1.29 is 37.9 Å². The molecular formula is C12H8O8. The number of rotatable bonds is 0. The summed E-state index contributed by atoms with van der Waals surface area (Å²) in [6.07, 6.45) is 2.35. The Kier molecular flexibility index (Phi) is 1.69. The summed E-state index contributed by atoms with van der Waals surface area (Å²) in [6.45, 7) is 0.0947. The van der Waals surface area contributed by atoms with Gasteiger partial charge in [-0.2, -0.15) is 0 Å². The van der Waals surface area contributed by atoms with Crippen LogP contribution in [0, 0.1) is 0 Å². The number of hydrogen-bond donors (Lipinski definition) is 1. The van der Waals surface area contributed by atoms with E-state index in [1.807, 2.05) is 0 Å². The van der Waals surface area contributed by atoms with Crippen LogP contribution in [-0.4, -0.2) is 30.8 Å². The van der Waals surface area contributed by atoms with Crippen molar-refractivity contribution in [3.8, 4) is 17.4 Å². The van der Waals surface area contributed by atoms with Crippen molar-refractivity contribution in [3.63, 3.8) is 0 Å². The van der Waals surface area contributed by atoms with Gasteiger partial charge in [0.2, 0.25) is 30.4 Å². The lowest BCUT2D eigenvalue weighted by Crippen LogP contribution is -2.39. The first-order valence-corrected chi connectivity index (χ1v) is 5.93. The Hall–Kier alpha value is -2.32. The van der Waals surface area contributed by atoms with E-state index >= 15 is 0 Å². The van der Waals surface area contributed by atoms with Crippen molar-refractivity contribution >= 4 is 6.08 Å². The minimum absolute atomic E-state index is 0.0349. The molecule has 0 saturated carbocycles. The quantitative estimate of drug-likeness (QED) is 0.759. The average Bonchev–Trinajstić information content (AvgIpc) is 3.15. The second kappa shape index (κ2) is 3.22. The molecule has 8 heteroatoms. The van der Waals surface area contributed by atoms with Gasteiger partial charge in [-0.25, -0.2) is 0 Å². The fourth-order valence-electron chi connectivity index (χ4n) is 2.48. The Morgan fingerprint density at radius 1 is 1.15 bits per heavy atom. The third kappa shape index (κ3) is 1.09. The molecule has 4 aliphatic rings. The van der Waals surface area contributed by atoms with Crippen LogP contribution in [-0.2, 0) is 14.2 Å². The summed E-state index contributed by atoms with van der Waals surface area (Å²) < 4.78 is 37.5. The standard InChI is InChI=1S/C12H8O8/c13-9-8-11(17-4-15-8)20-12(9)2-1-5-6(19-12)7-10(18-5)16-3-14-7/h1-2,11,13H,3-4H2. The molecule has 2 atom stereocenters. The molecule has 0 aliphatic carbocycles. The first-order valence-electron chi connectivity index (χ1n) is 5.93. The number of ether oxygens (including phenoxy) is 6. The van der Waals surface area contributed by atoms with Crippen LogP contribution >= 0.6 is 0 Å². The molecule has 104 valence electrons. The van der Waals surface area contributed by atoms with Crippen molar-refractivity contribution in [3.05, 3.63) is 23.4 Å². The summed E-state index contributed by atoms with van der Waals surface area (Å²) >= 11 is 0. The monoisotopic (exact) mass is 280 g/mol. The fraction of sp³-hybridized carbons (Fsp3) is 0.333. The van der Waals surface area contributed by atoms with Gasteiger partial charge >= 0.3 is 5.95 Å². The average molecular weight is 280 g/mol. The van der Waals surface area contributed by atoms with E-state index in [2.05, 4.69) is 0 Å². The Balaban J connectivity index is 1.61. The van der Waals surface area contributed by atoms with Gasteiger partial charge in [-0.15, -0.1) is 0 Å². The van der Waals surface area contributed by atoms with Crippen LogP contribution < -0.4 is 14.2 Å². The highest BCUT2D eigenvalue weighted by Crippen LogP contribution is 2.53. The van der Waals surface area contributed by atoms with Crippen molar-refractivity contribution in [1.29, 1.82) is 0 Å². The maximum atomic E-state index is 10.3. The van der Waals surface area contributed by atoms with Gasteiger partial charge in [0.15, 0.2) is 12.6 Å². The molecule has 0 bridgehead atoms. The molecule has 2 unspecified atom stereocenters. The molecule has 4 aliphatic heterocycles. The van der Waals surface area contributed by atoms with Crippen LogP contribution in [0.15, 0.2) is 22.0 Å². The molecule has 0 radical (unpaired) electrons. The van der Waals surface area contributed by atoms with E-state index in [1.54, 1.807) is 6.08 Å². The van der Waals surface area contributed by atoms with Gasteiger partial charge in [-0.3, -0.25) is 4.74 Å². The zero-order valence-electron chi connectivity index (χ0n) is 9.95. The Morgan fingerprint density at radius 2 is 2.10 bits per heavy atom. The van der Waals surface area contributed by atoms with Crippen LogP contribution in [0.5, 0.6) is 17.4 Å². The van der Waals surface area contributed by atoms with E-state index in [0.717, 1.165) is 0 Å². The zero-order valence-corrected chi connectivity index (χ0v) is 9.95. The van der Waals surface area contributed by atoms with Crippen LogP contribution in [0.25, 0.3) is 6.08 Å². The van der Waals surface area contributed by atoms with Crippen molar-refractivity contribution in [2.75, 3.05) is 13.6 Å². The number of hydrogen-bond acceptors (Lipinski definition) is 8. The molecular weight excluding hydrogens is 272 g/mol. The van der Waals surface area contributed by atoms with E-state index in [4.69, 9.17) is 32.8 Å². The maximum absolute atomic E-state index is 10.3. The zero-order chi connectivity index (χ0) is 13.3. The minimum Gasteiger partial charge on any atom is -0.503 e. The molecule has 5 rings (SSSR count). The van der Waals surface area contributed by atoms with Crippen molar-refractivity contribution in [2.24, 2.45) is 0 Å². The summed E-state index contributed by atoms with van der Waals surface area (Å²) in [4.78, 5) is 0. The molecule has 1 aromatic rings. The lowest BCUT2D eigenvalue weighted by Gasteiger charge is -2.28. The van der Waals surface area contributed by atoms with Crippen LogP contribution in [0.2, 0.25) is 0 Å². The van der Waals surface area contributed by atoms with E-state index in [9.17, 15) is 5.11 Å². The second-order valence-electron chi connectivity index (χ2n) is 4.51. The molecule has 1 N–H and O–H groups in total. The van der Waals surface area contributed by atoms with Crippen molar-refractivity contribution in [1.82, 2.24) is 0 Å². The van der Waals surface area contributed by atoms with Gasteiger partial charge in [0.25, 0.3) is 11.5 Å². The van der Waals surface area contributed by atoms with E-state index in [1.165, 1.54) is 6.08 Å². The second-order valence-corrected chi connectivity index (χ2v) is 4.51. The molecule has 0 amide bonds. The largest absolute Gasteiger partial charge is 0.503 e. The summed E-state index contributed by atoms with van der Waals surface area (Å²) in [5.74, 6) is -0.116. The molecule has 1 saturated heterocycles. The van der Waals surface area contributed by atoms with Gasteiger partial charge in [0.1, 0.15) is 0 Å². The third-order valence-electron chi connectivity index (χ3n) is 3.41. The predicted molar refractivity (Wildman–Crippen MR) is 58.8 cm³/mol. The molecule has 1 aromatic heterocycles. The lowest BCUT2D eigenvalue weighted by molar-refractivity contribution is -0.210. The van der Waals surface area contributed by atoms with Crippen molar-refractivity contribution in [2.45, 2.75) is 12.1 Å². The number of aliphatic hydroxyl groups is 1. The topological polar surface area (TPSA) is 88.8 Å². The van der Waals surface area contributed by atoms with E-state index < -0.39 is 12.1 Å². The normalized spacial score (nSPS) is 32.3. The number of fused-ring (bicyclic) bond motifs is 4. The first kappa shape index (κ1) is 10.5. The van der Waals surface area contributed by atoms with Crippen LogP contribution in [0.4, 0.5) is 0 Å². The number of aliphatic hydroxyl groups excluding tert-OH is 1. The SMILES string of the molecule is OC1=C2OCOC2OC12C=Cc1oc3c(c1O2)OCO3. The highest BCUT2D eigenvalue weighted by Gasteiger charge is 2.55. The molecule has 0 aromatic carbocycles. The number of furan rings is 1. The maximum Gasteiger partial charge on any atom is 0.336 e. The summed E-state index contributed by atoms with van der Waals surface area (Å²) in [5, 5.41) is 10.3. The Bertz CT molecular complexity index is 671. The summed E-state index contributed by atoms with van der Waals surface area (Å²) in [7, 11) is 0. The predicted octanol–water partition coefficient (Wildman–Crippen LogP) is 1.24. The smallest absolute Gasteiger partial charge is 0.336 e. The highest BCUT2D eigenvalue weighted by molar-refractivity contribution is 5.65. The van der Waals surface area contributed by atoms with Gasteiger partial charge in [-0.05, 0) is 12.2 Å². The van der Waals surface area contributed by atoms with Gasteiger partial charge in [0, 0.05) is 0 Å². The molecule has 5 heterocycles. The molecule has 1 spiro atoms. The van der Waals surface area contributed by atoms with Gasteiger partial charge in [0.05, 0.1) is 0 Å². The first-order chi connectivity index (χ1) is 9.77. The Morgan fingerprint density at radius 3 is 3.00 bits per heavy atom. The highest BCUT2D eigenvalue weighted by atomic mass is 16.9. The summed E-state index contributed by atoms with van der Waals surface area (Å²) in [5.41, 5.74) is 0. The minimum atomic E-state index is -1.49. The third-order valence-corrected chi connectivity index (χ3v) is 3.41. The summed E-state index contributed by atoms with van der Waals surface area (Å²) in [6, 6.07) is 0. The van der Waals surface area contributed by atoms with Gasteiger partial charge < -0.3 is 33.2 Å². The van der Waals surface area contributed by atoms with Crippen LogP contribution in [0.3, 0.4) is 0 Å².